The van der Waals surface area contributed by atoms with Gasteiger partial charge in [0.1, 0.15) is 5.69 Å². The molecule has 2 unspecified atom stereocenters. The van der Waals surface area contributed by atoms with Crippen LogP contribution < -0.4 is 5.32 Å². The minimum absolute atomic E-state index is 0.144. The summed E-state index contributed by atoms with van der Waals surface area (Å²) in [5.41, 5.74) is 1.41. The van der Waals surface area contributed by atoms with Crippen LogP contribution in [0.25, 0.3) is 10.9 Å². The van der Waals surface area contributed by atoms with Gasteiger partial charge < -0.3 is 15.4 Å². The predicted octanol–water partition coefficient (Wildman–Crippen LogP) is 2.96. The van der Waals surface area contributed by atoms with E-state index in [-0.39, 0.29) is 17.9 Å². The Morgan fingerprint density at radius 2 is 2.15 bits per heavy atom. The molecule has 1 aromatic heterocycles. The lowest BCUT2D eigenvalue weighted by atomic mass is 10.0. The first-order chi connectivity index (χ1) is 9.45. The van der Waals surface area contributed by atoms with Crippen LogP contribution in [0.4, 0.5) is 0 Å². The largest absolute Gasteiger partial charge is 0.393 e. The topological polar surface area (TPSA) is 65.1 Å². The Morgan fingerprint density at radius 3 is 2.85 bits per heavy atom. The number of aliphatic hydroxyl groups excluding tert-OH is 1. The zero-order valence-corrected chi connectivity index (χ0v) is 12.4. The normalized spacial score (nSPS) is 14.2. The van der Waals surface area contributed by atoms with Crippen LogP contribution in [0.5, 0.6) is 0 Å². The molecule has 0 saturated carbocycles. The van der Waals surface area contributed by atoms with E-state index in [9.17, 15) is 9.90 Å². The number of carbonyl (C=O) groups excluding carboxylic acids is 1. The minimum Gasteiger partial charge on any atom is -0.393 e. The van der Waals surface area contributed by atoms with Gasteiger partial charge in [0.05, 0.1) is 6.10 Å². The summed E-state index contributed by atoms with van der Waals surface area (Å²) in [7, 11) is 0. The van der Waals surface area contributed by atoms with Crippen molar-refractivity contribution in [2.75, 3.05) is 6.54 Å². The molecule has 20 heavy (non-hydrogen) atoms. The maximum absolute atomic E-state index is 12.1. The molecule has 2 atom stereocenters. The van der Waals surface area contributed by atoms with Gasteiger partial charge in [-0.2, -0.15) is 0 Å². The number of benzene rings is 1. The molecule has 2 rings (SSSR count). The Labute approximate surface area is 123 Å². The molecule has 0 aliphatic carbocycles. The number of rotatable bonds is 5. The Hall–Kier alpha value is -1.52. The number of halogens is 1. The molecule has 108 valence electrons. The van der Waals surface area contributed by atoms with E-state index in [1.165, 1.54) is 0 Å². The van der Waals surface area contributed by atoms with Crippen LogP contribution >= 0.6 is 11.6 Å². The van der Waals surface area contributed by atoms with Crippen molar-refractivity contribution in [2.24, 2.45) is 5.92 Å². The summed E-state index contributed by atoms with van der Waals surface area (Å²) >= 11 is 5.92. The highest BCUT2D eigenvalue weighted by Gasteiger charge is 2.12. The average molecular weight is 295 g/mol. The van der Waals surface area contributed by atoms with Crippen molar-refractivity contribution < 1.29 is 9.90 Å². The van der Waals surface area contributed by atoms with E-state index >= 15 is 0 Å². The monoisotopic (exact) mass is 294 g/mol. The van der Waals surface area contributed by atoms with Crippen molar-refractivity contribution in [3.05, 3.63) is 35.0 Å². The quantitative estimate of drug-likeness (QED) is 0.794. The van der Waals surface area contributed by atoms with Crippen molar-refractivity contribution >= 4 is 28.4 Å². The fourth-order valence-corrected chi connectivity index (χ4v) is 2.43. The van der Waals surface area contributed by atoms with Crippen molar-refractivity contribution in [1.29, 1.82) is 0 Å². The first-order valence-corrected chi connectivity index (χ1v) is 7.08. The second kappa shape index (κ2) is 6.29. The van der Waals surface area contributed by atoms with Gasteiger partial charge in [0.15, 0.2) is 0 Å². The van der Waals surface area contributed by atoms with Gasteiger partial charge in [-0.05, 0) is 43.5 Å². The van der Waals surface area contributed by atoms with E-state index in [1.54, 1.807) is 19.1 Å². The number of H-pyrrole nitrogens is 1. The lowest BCUT2D eigenvalue weighted by Gasteiger charge is -2.13. The average Bonchev–Trinajstić information content (AvgIpc) is 2.78. The molecule has 5 heteroatoms. The molecule has 0 radical (unpaired) electrons. The standard InChI is InChI=1S/C15H19ClN2O2/c1-9(5-10(2)19)8-17-15(20)14-7-11-6-12(16)3-4-13(11)18-14/h3-4,6-7,9-10,18-19H,5,8H2,1-2H3,(H,17,20). The number of hydrogen-bond acceptors (Lipinski definition) is 2. The van der Waals surface area contributed by atoms with Crippen LogP contribution in [0, 0.1) is 5.92 Å². The maximum Gasteiger partial charge on any atom is 0.267 e. The van der Waals surface area contributed by atoms with Crippen LogP contribution in [-0.2, 0) is 0 Å². The van der Waals surface area contributed by atoms with Gasteiger partial charge in [0.2, 0.25) is 0 Å². The SMILES string of the molecule is CC(O)CC(C)CNC(=O)c1cc2cc(Cl)ccc2[nH]1. The number of amides is 1. The third-order valence-corrected chi connectivity index (χ3v) is 3.42. The van der Waals surface area contributed by atoms with Crippen LogP contribution in [0.15, 0.2) is 24.3 Å². The van der Waals surface area contributed by atoms with E-state index in [0.717, 1.165) is 10.9 Å². The number of carbonyl (C=O) groups is 1. The summed E-state index contributed by atoms with van der Waals surface area (Å²) in [6.07, 6.45) is 0.319. The van der Waals surface area contributed by atoms with Crippen LogP contribution in [0.3, 0.4) is 0 Å². The van der Waals surface area contributed by atoms with Crippen molar-refractivity contribution in [3.63, 3.8) is 0 Å². The van der Waals surface area contributed by atoms with Gasteiger partial charge in [0.25, 0.3) is 5.91 Å². The van der Waals surface area contributed by atoms with E-state index in [4.69, 9.17) is 11.6 Å². The molecule has 4 nitrogen and oxygen atoms in total. The van der Waals surface area contributed by atoms with E-state index < -0.39 is 0 Å². The number of aliphatic hydroxyl groups is 1. The van der Waals surface area contributed by atoms with Gasteiger partial charge in [-0.3, -0.25) is 4.79 Å². The van der Waals surface area contributed by atoms with Crippen LogP contribution in [0.1, 0.15) is 30.8 Å². The highest BCUT2D eigenvalue weighted by molar-refractivity contribution is 6.31. The van der Waals surface area contributed by atoms with Gasteiger partial charge in [-0.1, -0.05) is 18.5 Å². The van der Waals surface area contributed by atoms with Crippen LogP contribution in [0.2, 0.25) is 5.02 Å². The molecule has 0 saturated heterocycles. The second-order valence-corrected chi connectivity index (χ2v) is 5.75. The molecule has 0 aliphatic rings. The highest BCUT2D eigenvalue weighted by Crippen LogP contribution is 2.20. The molecule has 3 N–H and O–H groups in total. The summed E-state index contributed by atoms with van der Waals surface area (Å²) in [4.78, 5) is 15.1. The summed E-state index contributed by atoms with van der Waals surface area (Å²) < 4.78 is 0. The molecule has 1 heterocycles. The summed E-state index contributed by atoms with van der Waals surface area (Å²) in [5.74, 6) is 0.0903. The number of hydrogen-bond donors (Lipinski definition) is 3. The maximum atomic E-state index is 12.1. The Bertz CT molecular complexity index is 607. The minimum atomic E-state index is -0.350. The van der Waals surface area contributed by atoms with Gasteiger partial charge in [-0.15, -0.1) is 0 Å². The van der Waals surface area contributed by atoms with Gasteiger partial charge in [0, 0.05) is 22.5 Å². The number of fused-ring (bicyclic) bond motifs is 1. The van der Waals surface area contributed by atoms with Crippen molar-refractivity contribution in [2.45, 2.75) is 26.4 Å². The van der Waals surface area contributed by atoms with Gasteiger partial charge in [-0.25, -0.2) is 0 Å². The van der Waals surface area contributed by atoms with E-state index in [1.807, 2.05) is 19.1 Å². The fourth-order valence-electron chi connectivity index (χ4n) is 2.25. The smallest absolute Gasteiger partial charge is 0.267 e. The first-order valence-electron chi connectivity index (χ1n) is 6.70. The molecule has 1 amide bonds. The van der Waals surface area contributed by atoms with E-state index in [2.05, 4.69) is 10.3 Å². The molecule has 2 aromatic rings. The van der Waals surface area contributed by atoms with Crippen molar-refractivity contribution in [3.8, 4) is 0 Å². The first kappa shape index (κ1) is 14.9. The van der Waals surface area contributed by atoms with Crippen LogP contribution in [-0.4, -0.2) is 28.6 Å². The summed E-state index contributed by atoms with van der Waals surface area (Å²) in [6, 6.07) is 7.24. The lowest BCUT2D eigenvalue weighted by Crippen LogP contribution is -2.29. The molecule has 0 aliphatic heterocycles. The number of aromatic nitrogens is 1. The molecule has 0 bridgehead atoms. The predicted molar refractivity (Wildman–Crippen MR) is 81.1 cm³/mol. The third kappa shape index (κ3) is 3.74. The molecular weight excluding hydrogens is 276 g/mol. The zero-order chi connectivity index (χ0) is 14.7. The molecular formula is C15H19ClN2O2. The number of nitrogens with one attached hydrogen (secondary N) is 2. The Morgan fingerprint density at radius 1 is 1.40 bits per heavy atom. The van der Waals surface area contributed by atoms with Gasteiger partial charge >= 0.3 is 0 Å². The molecule has 0 fully saturated rings. The third-order valence-electron chi connectivity index (χ3n) is 3.18. The summed E-state index contributed by atoms with van der Waals surface area (Å²) in [6.45, 7) is 4.29. The lowest BCUT2D eigenvalue weighted by molar-refractivity contribution is 0.0935. The molecule has 1 aromatic carbocycles. The number of aromatic amines is 1. The second-order valence-electron chi connectivity index (χ2n) is 5.31. The van der Waals surface area contributed by atoms with E-state index in [0.29, 0.717) is 23.7 Å². The Kier molecular flexibility index (Phi) is 4.68. The fraction of sp³-hybridized carbons (Fsp3) is 0.400. The molecule has 0 spiro atoms. The zero-order valence-electron chi connectivity index (χ0n) is 11.6. The highest BCUT2D eigenvalue weighted by atomic mass is 35.5. The summed E-state index contributed by atoms with van der Waals surface area (Å²) in [5, 5.41) is 13.7. The van der Waals surface area contributed by atoms with Crippen molar-refractivity contribution in [1.82, 2.24) is 10.3 Å². The Balaban J connectivity index is 2.00.